The first kappa shape index (κ1) is 11.6. The van der Waals surface area contributed by atoms with Crippen molar-refractivity contribution in [3.8, 4) is 5.75 Å². The highest BCUT2D eigenvalue weighted by Crippen LogP contribution is 2.54. The number of alkyl halides is 3. The molecule has 7 heteroatoms. The number of carbonyl (C=O) groups excluding carboxylic acids is 1. The Hall–Kier alpha value is -1.92. The average molecular weight is 244 g/mol. The summed E-state index contributed by atoms with van der Waals surface area (Å²) in [6.07, 6.45) is -4.09. The van der Waals surface area contributed by atoms with Crippen LogP contribution in [0.5, 0.6) is 5.75 Å². The van der Waals surface area contributed by atoms with Gasteiger partial charge in [-0.3, -0.25) is 4.79 Å². The van der Waals surface area contributed by atoms with Crippen molar-refractivity contribution < 1.29 is 22.7 Å². The van der Waals surface area contributed by atoms with Crippen molar-refractivity contribution in [2.24, 2.45) is 10.2 Å². The Bertz CT molecular complexity index is 491. The van der Waals surface area contributed by atoms with E-state index in [9.17, 15) is 18.0 Å². The molecule has 0 unspecified atom stereocenters. The van der Waals surface area contributed by atoms with E-state index in [4.69, 9.17) is 4.74 Å². The van der Waals surface area contributed by atoms with Crippen molar-refractivity contribution >= 4 is 6.29 Å². The SMILES string of the molecule is COc1cc(C=O)ccc1C1(C(F)(F)F)N=N1. The van der Waals surface area contributed by atoms with Gasteiger partial charge in [-0.15, -0.1) is 10.2 Å². The number of methoxy groups -OCH3 is 1. The summed E-state index contributed by atoms with van der Waals surface area (Å²) in [4.78, 5) is 10.5. The molecule has 0 N–H and O–H groups in total. The first-order valence-electron chi connectivity index (χ1n) is 4.59. The first-order valence-corrected chi connectivity index (χ1v) is 4.59. The van der Waals surface area contributed by atoms with Crippen LogP contribution < -0.4 is 4.74 Å². The van der Waals surface area contributed by atoms with Crippen LogP contribution in [-0.2, 0) is 5.66 Å². The lowest BCUT2D eigenvalue weighted by atomic mass is 10.00. The van der Waals surface area contributed by atoms with E-state index in [1.165, 1.54) is 19.2 Å². The first-order chi connectivity index (χ1) is 7.94. The quantitative estimate of drug-likeness (QED) is 0.767. The fourth-order valence-electron chi connectivity index (χ4n) is 1.49. The molecule has 0 spiro atoms. The van der Waals surface area contributed by atoms with E-state index < -0.39 is 11.8 Å². The number of carbonyl (C=O) groups is 1. The van der Waals surface area contributed by atoms with Crippen molar-refractivity contribution in [2.45, 2.75) is 11.8 Å². The molecule has 0 atom stereocenters. The van der Waals surface area contributed by atoms with Crippen molar-refractivity contribution in [1.82, 2.24) is 0 Å². The molecule has 0 saturated carbocycles. The van der Waals surface area contributed by atoms with Crippen LogP contribution in [0.25, 0.3) is 0 Å². The van der Waals surface area contributed by atoms with Crippen LogP contribution in [0.15, 0.2) is 28.4 Å². The van der Waals surface area contributed by atoms with E-state index in [1.54, 1.807) is 0 Å². The van der Waals surface area contributed by atoms with Crippen LogP contribution in [0.3, 0.4) is 0 Å². The number of ether oxygens (including phenoxy) is 1. The Morgan fingerprint density at radius 1 is 1.35 bits per heavy atom. The zero-order valence-corrected chi connectivity index (χ0v) is 8.65. The Morgan fingerprint density at radius 2 is 2.00 bits per heavy atom. The van der Waals surface area contributed by atoms with Crippen LogP contribution in [0, 0.1) is 0 Å². The average Bonchev–Trinajstić information content (AvgIpc) is 3.08. The topological polar surface area (TPSA) is 51.0 Å². The van der Waals surface area contributed by atoms with Crippen molar-refractivity contribution in [3.05, 3.63) is 29.3 Å². The summed E-state index contributed by atoms with van der Waals surface area (Å²) in [6, 6.07) is 3.64. The minimum absolute atomic E-state index is 0.0584. The summed E-state index contributed by atoms with van der Waals surface area (Å²) < 4.78 is 43.1. The smallest absolute Gasteiger partial charge is 0.442 e. The van der Waals surface area contributed by atoms with E-state index in [0.717, 1.165) is 6.07 Å². The molecule has 1 aromatic rings. The summed E-state index contributed by atoms with van der Waals surface area (Å²) in [5.74, 6) is -0.0584. The molecule has 0 aliphatic carbocycles. The van der Waals surface area contributed by atoms with Gasteiger partial charge in [-0.05, 0) is 12.1 Å². The molecule has 0 aromatic heterocycles. The number of halogens is 3. The van der Waals surface area contributed by atoms with Gasteiger partial charge in [0.2, 0.25) is 0 Å². The second kappa shape index (κ2) is 3.54. The Morgan fingerprint density at radius 3 is 2.41 bits per heavy atom. The number of rotatable bonds is 3. The molecular weight excluding hydrogens is 237 g/mol. The summed E-state index contributed by atoms with van der Waals surface area (Å²) in [7, 11) is 1.22. The maximum absolute atomic E-state index is 12.8. The lowest BCUT2D eigenvalue weighted by molar-refractivity contribution is -0.166. The predicted molar refractivity (Wildman–Crippen MR) is 51.0 cm³/mol. The molecule has 1 aromatic carbocycles. The van der Waals surface area contributed by atoms with E-state index in [2.05, 4.69) is 10.2 Å². The molecule has 1 aliphatic rings. The summed E-state index contributed by atoms with van der Waals surface area (Å²) >= 11 is 0. The second-order valence-electron chi connectivity index (χ2n) is 3.45. The third-order valence-electron chi connectivity index (χ3n) is 2.43. The van der Waals surface area contributed by atoms with Crippen molar-refractivity contribution in [1.29, 1.82) is 0 Å². The lowest BCUT2D eigenvalue weighted by Crippen LogP contribution is -2.30. The molecule has 17 heavy (non-hydrogen) atoms. The summed E-state index contributed by atoms with van der Waals surface area (Å²) in [6.45, 7) is 0. The van der Waals surface area contributed by atoms with Crippen LogP contribution in [-0.4, -0.2) is 19.6 Å². The number of hydrogen-bond donors (Lipinski definition) is 0. The van der Waals surface area contributed by atoms with Crippen LogP contribution in [0.1, 0.15) is 15.9 Å². The van der Waals surface area contributed by atoms with Crippen molar-refractivity contribution in [2.75, 3.05) is 7.11 Å². The van der Waals surface area contributed by atoms with E-state index in [0.29, 0.717) is 6.29 Å². The van der Waals surface area contributed by atoms with Gasteiger partial charge in [0.05, 0.1) is 12.7 Å². The van der Waals surface area contributed by atoms with Gasteiger partial charge in [-0.1, -0.05) is 6.07 Å². The van der Waals surface area contributed by atoms with E-state index >= 15 is 0 Å². The maximum Gasteiger partial charge on any atom is 0.442 e. The van der Waals surface area contributed by atoms with Gasteiger partial charge in [0.1, 0.15) is 12.0 Å². The molecule has 0 radical (unpaired) electrons. The van der Waals surface area contributed by atoms with Crippen LogP contribution in [0.4, 0.5) is 13.2 Å². The van der Waals surface area contributed by atoms with Gasteiger partial charge >= 0.3 is 11.8 Å². The van der Waals surface area contributed by atoms with Gasteiger partial charge in [-0.25, -0.2) is 0 Å². The summed E-state index contributed by atoms with van der Waals surface area (Å²) in [5, 5.41) is 6.14. The lowest BCUT2D eigenvalue weighted by Gasteiger charge is -2.17. The molecule has 2 rings (SSSR count). The number of benzene rings is 1. The molecule has 1 heterocycles. The minimum atomic E-state index is -4.61. The van der Waals surface area contributed by atoms with Crippen LogP contribution >= 0.6 is 0 Å². The highest BCUT2D eigenvalue weighted by Gasteiger charge is 2.66. The normalized spacial score (nSPS) is 16.7. The van der Waals surface area contributed by atoms with Gasteiger partial charge in [0, 0.05) is 5.56 Å². The number of hydrogen-bond acceptors (Lipinski definition) is 4. The highest BCUT2D eigenvalue weighted by atomic mass is 19.4. The zero-order chi connectivity index (χ0) is 12.7. The Labute approximate surface area is 94.1 Å². The molecular formula is C10H7F3N2O2. The third-order valence-corrected chi connectivity index (χ3v) is 2.43. The zero-order valence-electron chi connectivity index (χ0n) is 8.65. The third kappa shape index (κ3) is 1.67. The monoisotopic (exact) mass is 244 g/mol. The van der Waals surface area contributed by atoms with Gasteiger partial charge in [-0.2, -0.15) is 13.2 Å². The van der Waals surface area contributed by atoms with E-state index in [-0.39, 0.29) is 16.9 Å². The summed E-state index contributed by atoms with van der Waals surface area (Å²) in [5.41, 5.74) is -2.51. The molecule has 4 nitrogen and oxygen atoms in total. The second-order valence-corrected chi connectivity index (χ2v) is 3.45. The minimum Gasteiger partial charge on any atom is -0.496 e. The van der Waals surface area contributed by atoms with E-state index in [1.807, 2.05) is 0 Å². The Balaban J connectivity index is 2.50. The predicted octanol–water partition coefficient (Wildman–Crippen LogP) is 2.69. The largest absolute Gasteiger partial charge is 0.496 e. The standard InChI is InChI=1S/C10H7F3N2O2/c1-17-8-4-6(5-16)2-3-7(8)9(14-15-9)10(11,12)13/h2-5H,1H3. The van der Waals surface area contributed by atoms with Gasteiger partial charge < -0.3 is 4.74 Å². The maximum atomic E-state index is 12.8. The van der Waals surface area contributed by atoms with Gasteiger partial charge in [0.25, 0.3) is 0 Å². The van der Waals surface area contributed by atoms with Crippen LogP contribution in [0.2, 0.25) is 0 Å². The fourth-order valence-corrected chi connectivity index (χ4v) is 1.49. The Kier molecular flexibility index (Phi) is 2.41. The molecule has 0 saturated heterocycles. The number of nitrogens with zero attached hydrogens (tertiary/aromatic N) is 2. The van der Waals surface area contributed by atoms with Gasteiger partial charge in [0.15, 0.2) is 0 Å². The number of aldehydes is 1. The molecule has 0 amide bonds. The molecule has 0 bridgehead atoms. The molecule has 1 aliphatic heterocycles. The highest BCUT2D eigenvalue weighted by molar-refractivity contribution is 5.76. The van der Waals surface area contributed by atoms with Crippen molar-refractivity contribution in [3.63, 3.8) is 0 Å². The molecule has 90 valence electrons. The molecule has 0 fully saturated rings. The fraction of sp³-hybridized carbons (Fsp3) is 0.300.